The van der Waals surface area contributed by atoms with Gasteiger partial charge in [-0.3, -0.25) is 14.8 Å². The number of nitrogens with zero attached hydrogens (tertiary/aromatic N) is 3. The largest absolute Gasteiger partial charge is 0.349 e. The third-order valence-electron chi connectivity index (χ3n) is 3.99. The Bertz CT molecular complexity index is 685. The van der Waals surface area contributed by atoms with Gasteiger partial charge >= 0.3 is 6.03 Å². The van der Waals surface area contributed by atoms with E-state index in [0.717, 1.165) is 18.5 Å². The molecule has 1 fully saturated rings. The molecule has 0 unspecified atom stereocenters. The number of carbonyl (C=O) groups is 2. The van der Waals surface area contributed by atoms with E-state index in [4.69, 9.17) is 0 Å². The predicted molar refractivity (Wildman–Crippen MR) is 89.6 cm³/mol. The Morgan fingerprint density at radius 3 is 2.17 bits per heavy atom. The first-order valence-electron chi connectivity index (χ1n) is 7.89. The molecule has 0 aromatic carbocycles. The zero-order valence-electron chi connectivity index (χ0n) is 13.2. The van der Waals surface area contributed by atoms with Gasteiger partial charge in [-0.2, -0.15) is 0 Å². The number of piperidine rings is 1. The standard InChI is InChI=1S/C17H19N5O2/c23-16(13-1-7-18-8-2-13)20-15-5-11-22(12-6-15)17(24)21-14-3-9-19-10-4-14/h1-4,7-10,15H,5-6,11-12H2,(H,20,23)(H,19,21,24). The zero-order chi connectivity index (χ0) is 16.8. The lowest BCUT2D eigenvalue weighted by Crippen LogP contribution is -2.47. The van der Waals surface area contributed by atoms with Gasteiger partial charge in [0, 0.05) is 55.2 Å². The summed E-state index contributed by atoms with van der Waals surface area (Å²) >= 11 is 0. The molecule has 1 aliphatic rings. The predicted octanol–water partition coefficient (Wildman–Crippen LogP) is 1.90. The van der Waals surface area contributed by atoms with Gasteiger partial charge in [0.25, 0.3) is 5.91 Å². The summed E-state index contributed by atoms with van der Waals surface area (Å²) in [7, 11) is 0. The molecule has 1 aliphatic heterocycles. The van der Waals surface area contributed by atoms with Gasteiger partial charge in [0.1, 0.15) is 0 Å². The summed E-state index contributed by atoms with van der Waals surface area (Å²) in [5.41, 5.74) is 1.32. The van der Waals surface area contributed by atoms with Gasteiger partial charge in [-0.05, 0) is 37.1 Å². The van der Waals surface area contributed by atoms with Crippen molar-refractivity contribution in [2.24, 2.45) is 0 Å². The summed E-state index contributed by atoms with van der Waals surface area (Å²) in [6.07, 6.45) is 7.94. The Morgan fingerprint density at radius 1 is 0.958 bits per heavy atom. The van der Waals surface area contributed by atoms with E-state index < -0.39 is 0 Å². The minimum Gasteiger partial charge on any atom is -0.349 e. The number of amides is 3. The van der Waals surface area contributed by atoms with E-state index in [-0.39, 0.29) is 18.0 Å². The van der Waals surface area contributed by atoms with E-state index in [1.807, 2.05) is 0 Å². The lowest BCUT2D eigenvalue weighted by Gasteiger charge is -2.32. The number of urea groups is 1. The van der Waals surface area contributed by atoms with Crippen LogP contribution in [0.2, 0.25) is 0 Å². The summed E-state index contributed by atoms with van der Waals surface area (Å²) in [6, 6.07) is 6.83. The maximum absolute atomic E-state index is 12.2. The monoisotopic (exact) mass is 325 g/mol. The van der Waals surface area contributed by atoms with Gasteiger partial charge in [-0.15, -0.1) is 0 Å². The Balaban J connectivity index is 1.47. The summed E-state index contributed by atoms with van der Waals surface area (Å²) in [5.74, 6) is -0.0999. The molecule has 2 aromatic heterocycles. The van der Waals surface area contributed by atoms with Crippen LogP contribution in [-0.4, -0.2) is 45.9 Å². The van der Waals surface area contributed by atoms with E-state index in [9.17, 15) is 9.59 Å². The van der Waals surface area contributed by atoms with Crippen LogP contribution in [0.15, 0.2) is 49.1 Å². The molecule has 3 amide bonds. The van der Waals surface area contributed by atoms with Crippen LogP contribution in [0.3, 0.4) is 0 Å². The van der Waals surface area contributed by atoms with Crippen molar-refractivity contribution < 1.29 is 9.59 Å². The Kier molecular flexibility index (Phi) is 5.00. The van der Waals surface area contributed by atoms with Gasteiger partial charge in [0.15, 0.2) is 0 Å². The van der Waals surface area contributed by atoms with E-state index in [1.54, 1.807) is 54.0 Å². The highest BCUT2D eigenvalue weighted by Crippen LogP contribution is 2.13. The third kappa shape index (κ3) is 4.07. The molecule has 3 heterocycles. The lowest BCUT2D eigenvalue weighted by molar-refractivity contribution is 0.0919. The van der Waals surface area contributed by atoms with E-state index in [2.05, 4.69) is 20.6 Å². The molecule has 0 radical (unpaired) electrons. The van der Waals surface area contributed by atoms with Crippen molar-refractivity contribution in [1.82, 2.24) is 20.2 Å². The number of aromatic nitrogens is 2. The van der Waals surface area contributed by atoms with Crippen LogP contribution in [0.1, 0.15) is 23.2 Å². The highest BCUT2D eigenvalue weighted by Gasteiger charge is 2.24. The maximum atomic E-state index is 12.2. The van der Waals surface area contributed by atoms with E-state index in [1.165, 1.54) is 0 Å². The highest BCUT2D eigenvalue weighted by atomic mass is 16.2. The van der Waals surface area contributed by atoms with Crippen molar-refractivity contribution in [3.8, 4) is 0 Å². The summed E-state index contributed by atoms with van der Waals surface area (Å²) in [6.45, 7) is 1.22. The molecule has 7 heteroatoms. The molecule has 1 saturated heterocycles. The fraction of sp³-hybridized carbons (Fsp3) is 0.294. The number of rotatable bonds is 3. The van der Waals surface area contributed by atoms with Crippen molar-refractivity contribution in [3.05, 3.63) is 54.6 Å². The van der Waals surface area contributed by atoms with E-state index >= 15 is 0 Å². The maximum Gasteiger partial charge on any atom is 0.321 e. The number of carbonyl (C=O) groups excluding carboxylic acids is 2. The Labute approximate surface area is 140 Å². The second kappa shape index (κ2) is 7.54. The first-order valence-corrected chi connectivity index (χ1v) is 7.89. The lowest BCUT2D eigenvalue weighted by atomic mass is 10.0. The minimum absolute atomic E-state index is 0.0793. The summed E-state index contributed by atoms with van der Waals surface area (Å²) in [4.78, 5) is 33.9. The quantitative estimate of drug-likeness (QED) is 0.902. The molecular weight excluding hydrogens is 306 g/mol. The topological polar surface area (TPSA) is 87.2 Å². The van der Waals surface area contributed by atoms with Crippen LogP contribution in [0.4, 0.5) is 10.5 Å². The number of anilines is 1. The first-order chi connectivity index (χ1) is 11.7. The fourth-order valence-electron chi connectivity index (χ4n) is 2.64. The second-order valence-corrected chi connectivity index (χ2v) is 5.64. The highest BCUT2D eigenvalue weighted by molar-refractivity contribution is 5.94. The minimum atomic E-state index is -0.125. The van der Waals surface area contributed by atoms with Crippen LogP contribution in [0.25, 0.3) is 0 Å². The van der Waals surface area contributed by atoms with E-state index in [0.29, 0.717) is 18.7 Å². The number of likely N-dealkylation sites (tertiary alicyclic amines) is 1. The molecule has 2 aromatic rings. The molecule has 24 heavy (non-hydrogen) atoms. The smallest absolute Gasteiger partial charge is 0.321 e. The van der Waals surface area contributed by atoms with Crippen LogP contribution in [0.5, 0.6) is 0 Å². The first kappa shape index (κ1) is 15.9. The molecule has 2 N–H and O–H groups in total. The van der Waals surface area contributed by atoms with Crippen molar-refractivity contribution in [1.29, 1.82) is 0 Å². The molecule has 0 bridgehead atoms. The molecule has 0 saturated carbocycles. The average Bonchev–Trinajstić information content (AvgIpc) is 2.64. The van der Waals surface area contributed by atoms with Crippen molar-refractivity contribution in [2.75, 3.05) is 18.4 Å². The van der Waals surface area contributed by atoms with Crippen molar-refractivity contribution >= 4 is 17.6 Å². The zero-order valence-corrected chi connectivity index (χ0v) is 13.2. The van der Waals surface area contributed by atoms with Gasteiger partial charge in [-0.1, -0.05) is 0 Å². The fourth-order valence-corrected chi connectivity index (χ4v) is 2.64. The number of nitrogens with one attached hydrogen (secondary N) is 2. The van der Waals surface area contributed by atoms with Crippen molar-refractivity contribution in [3.63, 3.8) is 0 Å². The van der Waals surface area contributed by atoms with Crippen LogP contribution in [0, 0.1) is 0 Å². The van der Waals surface area contributed by atoms with Crippen LogP contribution >= 0.6 is 0 Å². The Morgan fingerprint density at radius 2 is 1.54 bits per heavy atom. The second-order valence-electron chi connectivity index (χ2n) is 5.64. The number of hydrogen-bond acceptors (Lipinski definition) is 4. The van der Waals surface area contributed by atoms with Gasteiger partial charge in [-0.25, -0.2) is 4.79 Å². The summed E-state index contributed by atoms with van der Waals surface area (Å²) in [5, 5.41) is 5.86. The summed E-state index contributed by atoms with van der Waals surface area (Å²) < 4.78 is 0. The number of pyridine rings is 2. The molecule has 3 rings (SSSR count). The number of hydrogen-bond donors (Lipinski definition) is 2. The molecule has 0 aliphatic carbocycles. The van der Waals surface area contributed by atoms with Gasteiger partial charge in [0.2, 0.25) is 0 Å². The molecule has 0 atom stereocenters. The molecule has 7 nitrogen and oxygen atoms in total. The molecular formula is C17H19N5O2. The Hall–Kier alpha value is -2.96. The molecule has 0 spiro atoms. The van der Waals surface area contributed by atoms with Crippen molar-refractivity contribution in [2.45, 2.75) is 18.9 Å². The van der Waals surface area contributed by atoms with Crippen LogP contribution in [-0.2, 0) is 0 Å². The van der Waals surface area contributed by atoms with Crippen LogP contribution < -0.4 is 10.6 Å². The average molecular weight is 325 g/mol. The SMILES string of the molecule is O=C(NC1CCN(C(=O)Nc2ccncc2)CC1)c1ccncc1. The third-order valence-corrected chi connectivity index (χ3v) is 3.99. The normalized spacial score (nSPS) is 14.9. The van der Waals surface area contributed by atoms with Gasteiger partial charge in [0.05, 0.1) is 0 Å². The van der Waals surface area contributed by atoms with Gasteiger partial charge < -0.3 is 15.5 Å². The molecule has 124 valence electrons.